The number of methoxy groups -OCH3 is 1. The minimum atomic E-state index is -0.446. The average molecular weight is 344 g/mol. The molecule has 0 fully saturated rings. The molecule has 0 bridgehead atoms. The van der Waals surface area contributed by atoms with Crippen LogP contribution in [-0.2, 0) is 4.79 Å². The summed E-state index contributed by atoms with van der Waals surface area (Å²) in [7, 11) is 1.53. The molecule has 0 aliphatic carbocycles. The van der Waals surface area contributed by atoms with E-state index in [2.05, 4.69) is 10.5 Å². The number of ether oxygens (including phenoxy) is 2. The second kappa shape index (κ2) is 8.56. The van der Waals surface area contributed by atoms with Gasteiger partial charge < -0.3 is 9.47 Å². The molecule has 1 amide bonds. The van der Waals surface area contributed by atoms with Crippen LogP contribution in [0.5, 0.6) is 11.5 Å². The van der Waals surface area contributed by atoms with E-state index in [0.717, 1.165) is 0 Å². The first kappa shape index (κ1) is 17.3. The van der Waals surface area contributed by atoms with Crippen LogP contribution in [0.3, 0.4) is 0 Å². The lowest BCUT2D eigenvalue weighted by Crippen LogP contribution is -2.24. The van der Waals surface area contributed by atoms with Gasteiger partial charge in [0, 0.05) is 0 Å². The Hall–Kier alpha value is -3.04. The summed E-state index contributed by atoms with van der Waals surface area (Å²) < 4.78 is 10.3. The lowest BCUT2D eigenvalue weighted by Gasteiger charge is -2.06. The van der Waals surface area contributed by atoms with Crippen molar-refractivity contribution < 1.29 is 14.3 Å². The summed E-state index contributed by atoms with van der Waals surface area (Å²) in [6, 6.07) is 13.8. The molecule has 7 heteroatoms. The molecule has 0 aliphatic heterocycles. The summed E-state index contributed by atoms with van der Waals surface area (Å²) in [6.07, 6.45) is 1.45. The molecular weight excluding hydrogens is 330 g/mol. The Balaban J connectivity index is 1.87. The first-order chi connectivity index (χ1) is 11.6. The maximum atomic E-state index is 11.7. The normalized spacial score (nSPS) is 10.2. The van der Waals surface area contributed by atoms with Crippen LogP contribution in [0, 0.1) is 11.3 Å². The number of hydrogen-bond donors (Lipinski definition) is 1. The first-order valence-corrected chi connectivity index (χ1v) is 7.29. The number of nitrogens with zero attached hydrogens (tertiary/aromatic N) is 2. The Labute approximate surface area is 144 Å². The highest BCUT2D eigenvalue weighted by molar-refractivity contribution is 6.32. The van der Waals surface area contributed by atoms with Gasteiger partial charge in [0.25, 0.3) is 5.91 Å². The number of hydrogen-bond acceptors (Lipinski definition) is 5. The third kappa shape index (κ3) is 4.73. The highest BCUT2D eigenvalue weighted by atomic mass is 35.5. The maximum Gasteiger partial charge on any atom is 0.277 e. The van der Waals surface area contributed by atoms with Crippen molar-refractivity contribution in [1.82, 2.24) is 5.43 Å². The number of halogens is 1. The summed E-state index contributed by atoms with van der Waals surface area (Å²) in [5.41, 5.74) is 3.40. The molecule has 0 spiro atoms. The Morgan fingerprint density at radius 3 is 2.83 bits per heavy atom. The summed E-state index contributed by atoms with van der Waals surface area (Å²) in [6.45, 7) is -0.251. The Morgan fingerprint density at radius 1 is 1.33 bits per heavy atom. The SMILES string of the molecule is COc1ccc(/C=N\NC(=O)COc2ccccc2C#N)cc1Cl. The maximum absolute atomic E-state index is 11.7. The number of carbonyl (C=O) groups is 1. The molecule has 0 heterocycles. The first-order valence-electron chi connectivity index (χ1n) is 6.91. The predicted octanol–water partition coefficient (Wildman–Crippen LogP) is 2.75. The van der Waals surface area contributed by atoms with Crippen LogP contribution in [0.25, 0.3) is 0 Å². The zero-order valence-electron chi connectivity index (χ0n) is 12.8. The number of benzene rings is 2. The molecule has 24 heavy (non-hydrogen) atoms. The smallest absolute Gasteiger partial charge is 0.277 e. The topological polar surface area (TPSA) is 83.7 Å². The van der Waals surface area contributed by atoms with Gasteiger partial charge in [-0.05, 0) is 35.9 Å². The molecule has 2 aromatic carbocycles. The highest BCUT2D eigenvalue weighted by Crippen LogP contribution is 2.24. The molecular formula is C17H14ClN3O3. The zero-order chi connectivity index (χ0) is 17.4. The molecule has 0 aliphatic rings. The molecule has 0 saturated carbocycles. The van der Waals surface area contributed by atoms with Crippen LogP contribution in [0.15, 0.2) is 47.6 Å². The fourth-order valence-corrected chi connectivity index (χ4v) is 2.07. The lowest BCUT2D eigenvalue weighted by molar-refractivity contribution is -0.123. The van der Waals surface area contributed by atoms with Crippen molar-refractivity contribution in [2.75, 3.05) is 13.7 Å². The van der Waals surface area contributed by atoms with Crippen LogP contribution in [-0.4, -0.2) is 25.8 Å². The third-order valence-electron chi connectivity index (χ3n) is 2.94. The number of hydrazone groups is 1. The molecule has 1 N–H and O–H groups in total. The number of carbonyl (C=O) groups excluding carboxylic acids is 1. The summed E-state index contributed by atoms with van der Waals surface area (Å²) >= 11 is 6.00. The minimum Gasteiger partial charge on any atom is -0.495 e. The van der Waals surface area contributed by atoms with Crippen molar-refractivity contribution in [3.05, 3.63) is 58.6 Å². The zero-order valence-corrected chi connectivity index (χ0v) is 13.6. The summed E-state index contributed by atoms with van der Waals surface area (Å²) in [4.78, 5) is 11.7. The molecule has 2 rings (SSSR count). The van der Waals surface area contributed by atoms with Crippen LogP contribution in [0.2, 0.25) is 5.02 Å². The highest BCUT2D eigenvalue weighted by Gasteiger charge is 2.05. The Morgan fingerprint density at radius 2 is 2.12 bits per heavy atom. The van der Waals surface area contributed by atoms with Crippen molar-refractivity contribution >= 4 is 23.7 Å². The van der Waals surface area contributed by atoms with Gasteiger partial charge in [0.2, 0.25) is 0 Å². The van der Waals surface area contributed by atoms with Crippen molar-refractivity contribution in [3.63, 3.8) is 0 Å². The lowest BCUT2D eigenvalue weighted by atomic mass is 10.2. The fraction of sp³-hybridized carbons (Fsp3) is 0.118. The van der Waals surface area contributed by atoms with Crippen molar-refractivity contribution in [2.45, 2.75) is 0 Å². The van der Waals surface area contributed by atoms with Crippen LogP contribution in [0.4, 0.5) is 0 Å². The van der Waals surface area contributed by atoms with Gasteiger partial charge in [-0.2, -0.15) is 10.4 Å². The van der Waals surface area contributed by atoms with Crippen molar-refractivity contribution in [3.8, 4) is 17.6 Å². The van der Waals surface area contributed by atoms with Gasteiger partial charge in [0.15, 0.2) is 6.61 Å². The van der Waals surface area contributed by atoms with E-state index >= 15 is 0 Å². The second-order valence-corrected chi connectivity index (χ2v) is 4.99. The van der Waals surface area contributed by atoms with Gasteiger partial charge in [-0.3, -0.25) is 4.79 Å². The van der Waals surface area contributed by atoms with Gasteiger partial charge in [-0.25, -0.2) is 5.43 Å². The van der Waals surface area contributed by atoms with E-state index in [0.29, 0.717) is 27.6 Å². The minimum absolute atomic E-state index is 0.251. The van der Waals surface area contributed by atoms with Gasteiger partial charge in [-0.1, -0.05) is 23.7 Å². The fourth-order valence-electron chi connectivity index (χ4n) is 1.80. The van der Waals surface area contributed by atoms with Gasteiger partial charge >= 0.3 is 0 Å². The van der Waals surface area contributed by atoms with Gasteiger partial charge in [-0.15, -0.1) is 0 Å². The van der Waals surface area contributed by atoms with E-state index in [4.69, 9.17) is 26.3 Å². The second-order valence-electron chi connectivity index (χ2n) is 4.58. The molecule has 122 valence electrons. The molecule has 2 aromatic rings. The number of rotatable bonds is 6. The summed E-state index contributed by atoms with van der Waals surface area (Å²) in [5.74, 6) is 0.460. The number of para-hydroxylation sites is 1. The van der Waals surface area contributed by atoms with E-state index in [1.807, 2.05) is 6.07 Å². The van der Waals surface area contributed by atoms with Crippen molar-refractivity contribution in [1.29, 1.82) is 5.26 Å². The average Bonchev–Trinajstić information content (AvgIpc) is 2.60. The van der Waals surface area contributed by atoms with E-state index < -0.39 is 5.91 Å². The van der Waals surface area contributed by atoms with Gasteiger partial charge in [0.1, 0.15) is 17.6 Å². The largest absolute Gasteiger partial charge is 0.495 e. The predicted molar refractivity (Wildman–Crippen MR) is 90.4 cm³/mol. The van der Waals surface area contributed by atoms with E-state index in [-0.39, 0.29) is 6.61 Å². The number of nitriles is 1. The molecule has 0 unspecified atom stereocenters. The quantitative estimate of drug-likeness (QED) is 0.645. The monoisotopic (exact) mass is 343 g/mol. The summed E-state index contributed by atoms with van der Waals surface area (Å²) in [5, 5.41) is 13.2. The molecule has 6 nitrogen and oxygen atoms in total. The Kier molecular flexibility index (Phi) is 6.17. The molecule has 0 atom stereocenters. The number of nitrogens with one attached hydrogen (secondary N) is 1. The Bertz CT molecular complexity index is 800. The number of amides is 1. The van der Waals surface area contributed by atoms with Crippen molar-refractivity contribution in [2.24, 2.45) is 5.10 Å². The molecule has 0 aromatic heterocycles. The van der Waals surface area contributed by atoms with Gasteiger partial charge in [0.05, 0.1) is 23.9 Å². The molecule has 0 saturated heterocycles. The van der Waals surface area contributed by atoms with E-state index in [1.54, 1.807) is 42.5 Å². The van der Waals surface area contributed by atoms with Crippen LogP contribution in [0.1, 0.15) is 11.1 Å². The molecule has 0 radical (unpaired) electrons. The standard InChI is InChI=1S/C17H14ClN3O3/c1-23-16-7-6-12(8-14(16)18)10-20-21-17(22)11-24-15-5-3-2-4-13(15)9-19/h2-8,10H,11H2,1H3,(H,21,22)/b20-10-. The van der Waals surface area contributed by atoms with Crippen LogP contribution >= 0.6 is 11.6 Å². The van der Waals surface area contributed by atoms with Crippen LogP contribution < -0.4 is 14.9 Å². The van der Waals surface area contributed by atoms with E-state index in [1.165, 1.54) is 13.3 Å². The third-order valence-corrected chi connectivity index (χ3v) is 3.24. The van der Waals surface area contributed by atoms with E-state index in [9.17, 15) is 4.79 Å².